The standard InChI is InChI=1S/C11H14N2O3/c1-15-10-9(3-2-4-12-10)11(14)13-5-7-16-8-6-13/h2-4H,5-8H2,1H3. The number of aromatic nitrogens is 1. The number of nitrogens with zero attached hydrogens (tertiary/aromatic N) is 2. The Labute approximate surface area is 94.0 Å². The van der Waals surface area contributed by atoms with Crippen LogP contribution in [0, 0.1) is 0 Å². The van der Waals surface area contributed by atoms with Crippen LogP contribution in [0.25, 0.3) is 0 Å². The van der Waals surface area contributed by atoms with Crippen molar-refractivity contribution in [2.75, 3.05) is 33.4 Å². The molecule has 1 saturated heterocycles. The first-order valence-corrected chi connectivity index (χ1v) is 5.19. The van der Waals surface area contributed by atoms with Crippen LogP contribution in [0.4, 0.5) is 0 Å². The molecule has 0 radical (unpaired) electrons. The monoisotopic (exact) mass is 222 g/mol. The predicted molar refractivity (Wildman–Crippen MR) is 57.5 cm³/mol. The Kier molecular flexibility index (Phi) is 3.36. The van der Waals surface area contributed by atoms with Crippen molar-refractivity contribution in [1.29, 1.82) is 0 Å². The third kappa shape index (κ3) is 2.14. The Balaban J connectivity index is 2.19. The lowest BCUT2D eigenvalue weighted by molar-refractivity contribution is 0.0300. The molecule has 1 fully saturated rings. The highest BCUT2D eigenvalue weighted by Gasteiger charge is 2.21. The molecule has 1 aliphatic heterocycles. The molecule has 1 aromatic heterocycles. The van der Waals surface area contributed by atoms with Crippen molar-refractivity contribution in [3.05, 3.63) is 23.9 Å². The zero-order valence-electron chi connectivity index (χ0n) is 9.18. The number of rotatable bonds is 2. The third-order valence-corrected chi connectivity index (χ3v) is 2.49. The first-order chi connectivity index (χ1) is 7.83. The molecule has 0 saturated carbocycles. The molecule has 0 spiro atoms. The summed E-state index contributed by atoms with van der Waals surface area (Å²) < 4.78 is 10.3. The van der Waals surface area contributed by atoms with Gasteiger partial charge in [0.05, 0.1) is 20.3 Å². The number of hydrogen-bond donors (Lipinski definition) is 0. The van der Waals surface area contributed by atoms with E-state index in [1.165, 1.54) is 7.11 Å². The SMILES string of the molecule is COc1ncccc1C(=O)N1CCOCC1. The van der Waals surface area contributed by atoms with Gasteiger partial charge < -0.3 is 14.4 Å². The van der Waals surface area contributed by atoms with Crippen molar-refractivity contribution in [1.82, 2.24) is 9.88 Å². The van der Waals surface area contributed by atoms with E-state index in [-0.39, 0.29) is 5.91 Å². The Bertz CT molecular complexity index is 375. The zero-order chi connectivity index (χ0) is 11.4. The minimum atomic E-state index is -0.0479. The average Bonchev–Trinajstić information content (AvgIpc) is 2.39. The van der Waals surface area contributed by atoms with Gasteiger partial charge in [-0.25, -0.2) is 4.98 Å². The number of pyridine rings is 1. The van der Waals surface area contributed by atoms with Crippen LogP contribution in [0.5, 0.6) is 5.88 Å². The summed E-state index contributed by atoms with van der Waals surface area (Å²) in [5.74, 6) is 0.326. The summed E-state index contributed by atoms with van der Waals surface area (Å²) in [5.41, 5.74) is 0.506. The number of amides is 1. The number of hydrogen-bond acceptors (Lipinski definition) is 4. The molecule has 0 N–H and O–H groups in total. The second-order valence-corrected chi connectivity index (χ2v) is 3.46. The maximum Gasteiger partial charge on any atom is 0.259 e. The summed E-state index contributed by atoms with van der Waals surface area (Å²) in [7, 11) is 1.51. The molecular formula is C11H14N2O3. The third-order valence-electron chi connectivity index (χ3n) is 2.49. The second kappa shape index (κ2) is 4.94. The minimum absolute atomic E-state index is 0.0479. The number of ether oxygens (including phenoxy) is 2. The van der Waals surface area contributed by atoms with Crippen molar-refractivity contribution in [2.45, 2.75) is 0 Å². The van der Waals surface area contributed by atoms with E-state index in [0.29, 0.717) is 37.7 Å². The normalized spacial score (nSPS) is 15.9. The van der Waals surface area contributed by atoms with E-state index in [2.05, 4.69) is 4.98 Å². The molecule has 16 heavy (non-hydrogen) atoms. The summed E-state index contributed by atoms with van der Waals surface area (Å²) in [6.45, 7) is 2.43. The van der Waals surface area contributed by atoms with Gasteiger partial charge in [0.25, 0.3) is 5.91 Å². The van der Waals surface area contributed by atoms with Gasteiger partial charge in [-0.15, -0.1) is 0 Å². The highest BCUT2D eigenvalue weighted by molar-refractivity contribution is 5.96. The predicted octanol–water partition coefficient (Wildman–Crippen LogP) is 0.563. The highest BCUT2D eigenvalue weighted by atomic mass is 16.5. The van der Waals surface area contributed by atoms with Crippen LogP contribution in [0.3, 0.4) is 0 Å². The zero-order valence-corrected chi connectivity index (χ0v) is 9.18. The first-order valence-electron chi connectivity index (χ1n) is 5.19. The summed E-state index contributed by atoms with van der Waals surface area (Å²) in [4.78, 5) is 17.9. The van der Waals surface area contributed by atoms with E-state index in [1.54, 1.807) is 23.2 Å². The summed E-state index contributed by atoms with van der Waals surface area (Å²) in [6, 6.07) is 3.46. The quantitative estimate of drug-likeness (QED) is 0.733. The van der Waals surface area contributed by atoms with Gasteiger partial charge in [0.15, 0.2) is 0 Å². The molecule has 1 amide bonds. The minimum Gasteiger partial charge on any atom is -0.480 e. The molecule has 5 nitrogen and oxygen atoms in total. The lowest BCUT2D eigenvalue weighted by atomic mass is 10.2. The Morgan fingerprint density at radius 2 is 2.25 bits per heavy atom. The summed E-state index contributed by atoms with van der Waals surface area (Å²) >= 11 is 0. The van der Waals surface area contributed by atoms with E-state index in [1.807, 2.05) is 0 Å². The maximum absolute atomic E-state index is 12.1. The van der Waals surface area contributed by atoms with E-state index in [0.717, 1.165) is 0 Å². The topological polar surface area (TPSA) is 51.7 Å². The van der Waals surface area contributed by atoms with Gasteiger partial charge in [-0.05, 0) is 12.1 Å². The van der Waals surface area contributed by atoms with Gasteiger partial charge in [0.1, 0.15) is 5.56 Å². The average molecular weight is 222 g/mol. The summed E-state index contributed by atoms with van der Waals surface area (Å²) in [6.07, 6.45) is 1.61. The van der Waals surface area contributed by atoms with Crippen molar-refractivity contribution in [3.63, 3.8) is 0 Å². The van der Waals surface area contributed by atoms with Gasteiger partial charge in [0, 0.05) is 19.3 Å². The molecule has 5 heteroatoms. The molecule has 0 atom stereocenters. The Hall–Kier alpha value is -1.62. The number of methoxy groups -OCH3 is 1. The molecule has 0 aromatic carbocycles. The number of carbonyl (C=O) groups is 1. The van der Waals surface area contributed by atoms with E-state index >= 15 is 0 Å². The molecular weight excluding hydrogens is 208 g/mol. The van der Waals surface area contributed by atoms with E-state index in [9.17, 15) is 4.79 Å². The van der Waals surface area contributed by atoms with Crippen LogP contribution in [0.1, 0.15) is 10.4 Å². The van der Waals surface area contributed by atoms with E-state index in [4.69, 9.17) is 9.47 Å². The number of morpholine rings is 1. The smallest absolute Gasteiger partial charge is 0.259 e. The van der Waals surface area contributed by atoms with Crippen molar-refractivity contribution in [2.24, 2.45) is 0 Å². The van der Waals surface area contributed by atoms with Gasteiger partial charge in [-0.2, -0.15) is 0 Å². The van der Waals surface area contributed by atoms with Crippen molar-refractivity contribution < 1.29 is 14.3 Å². The largest absolute Gasteiger partial charge is 0.480 e. The van der Waals surface area contributed by atoms with Crippen LogP contribution in [-0.2, 0) is 4.74 Å². The van der Waals surface area contributed by atoms with Gasteiger partial charge in [-0.3, -0.25) is 4.79 Å². The summed E-state index contributed by atoms with van der Waals surface area (Å²) in [5, 5.41) is 0. The fourth-order valence-electron chi connectivity index (χ4n) is 1.65. The lowest BCUT2D eigenvalue weighted by Gasteiger charge is -2.27. The molecule has 0 bridgehead atoms. The van der Waals surface area contributed by atoms with Crippen LogP contribution in [0.15, 0.2) is 18.3 Å². The first kappa shape index (κ1) is 10.9. The van der Waals surface area contributed by atoms with Crippen LogP contribution < -0.4 is 4.74 Å². The van der Waals surface area contributed by atoms with Gasteiger partial charge >= 0.3 is 0 Å². The van der Waals surface area contributed by atoms with E-state index < -0.39 is 0 Å². The van der Waals surface area contributed by atoms with Gasteiger partial charge in [0.2, 0.25) is 5.88 Å². The molecule has 0 unspecified atom stereocenters. The lowest BCUT2D eigenvalue weighted by Crippen LogP contribution is -2.40. The highest BCUT2D eigenvalue weighted by Crippen LogP contribution is 2.16. The van der Waals surface area contributed by atoms with Crippen molar-refractivity contribution in [3.8, 4) is 5.88 Å². The molecule has 2 rings (SSSR count). The molecule has 1 aromatic rings. The fourth-order valence-corrected chi connectivity index (χ4v) is 1.65. The second-order valence-electron chi connectivity index (χ2n) is 3.46. The van der Waals surface area contributed by atoms with Crippen LogP contribution >= 0.6 is 0 Å². The molecule has 86 valence electrons. The molecule has 2 heterocycles. The Morgan fingerprint density at radius 3 is 2.94 bits per heavy atom. The van der Waals surface area contributed by atoms with Crippen LogP contribution in [-0.4, -0.2) is 49.2 Å². The maximum atomic E-state index is 12.1. The van der Waals surface area contributed by atoms with Crippen molar-refractivity contribution >= 4 is 5.91 Å². The number of carbonyl (C=O) groups excluding carboxylic acids is 1. The van der Waals surface area contributed by atoms with Gasteiger partial charge in [-0.1, -0.05) is 0 Å². The molecule has 0 aliphatic carbocycles. The van der Waals surface area contributed by atoms with Crippen LogP contribution in [0.2, 0.25) is 0 Å². The Morgan fingerprint density at radius 1 is 1.50 bits per heavy atom. The fraction of sp³-hybridized carbons (Fsp3) is 0.455. The molecule has 1 aliphatic rings.